The molecule has 0 bridgehead atoms. The van der Waals surface area contributed by atoms with E-state index >= 15 is 0 Å². The van der Waals surface area contributed by atoms with Gasteiger partial charge < -0.3 is 13.8 Å². The summed E-state index contributed by atoms with van der Waals surface area (Å²) in [6.45, 7) is -0.472. The van der Waals surface area contributed by atoms with Crippen molar-refractivity contribution in [2.75, 3.05) is 6.61 Å². The average molecular weight is 497 g/mol. The van der Waals surface area contributed by atoms with Crippen molar-refractivity contribution in [1.82, 2.24) is 0 Å². The van der Waals surface area contributed by atoms with Crippen molar-refractivity contribution >= 4 is 47.4 Å². The van der Waals surface area contributed by atoms with Gasteiger partial charge in [0.15, 0.2) is 0 Å². The van der Waals surface area contributed by atoms with Crippen LogP contribution in [-0.4, -0.2) is 50.9 Å². The Hall–Kier alpha value is -2.07. The first-order chi connectivity index (χ1) is 13.6. The molecule has 1 aliphatic rings. The molecule has 0 aliphatic heterocycles. The number of carbonyl (C=O) groups is 1. The van der Waals surface area contributed by atoms with Gasteiger partial charge in [0.05, 0.1) is 9.79 Å². The molecule has 30 heavy (non-hydrogen) atoms. The van der Waals surface area contributed by atoms with Crippen LogP contribution in [0.3, 0.4) is 0 Å². The van der Waals surface area contributed by atoms with Gasteiger partial charge in [-0.2, -0.15) is 8.42 Å². The Morgan fingerprint density at radius 2 is 1.53 bits per heavy atom. The Kier molecular flexibility index (Phi) is 5.47. The molecule has 0 saturated heterocycles. The number of fused-ring (bicyclic) bond motifs is 3. The summed E-state index contributed by atoms with van der Waals surface area (Å²) in [6.07, 6.45) is 0. The van der Waals surface area contributed by atoms with Crippen LogP contribution in [-0.2, 0) is 35.1 Å². The van der Waals surface area contributed by atoms with E-state index in [0.29, 0.717) is 12.1 Å². The van der Waals surface area contributed by atoms with Crippen LogP contribution >= 0.6 is 11.6 Å². The van der Waals surface area contributed by atoms with Crippen LogP contribution in [0, 0.1) is 0 Å². The van der Waals surface area contributed by atoms with Gasteiger partial charge in [0.2, 0.25) is 0 Å². The van der Waals surface area contributed by atoms with E-state index in [1.165, 1.54) is 6.07 Å². The maximum atomic E-state index is 11.7. The first kappa shape index (κ1) is 22.6. The summed E-state index contributed by atoms with van der Waals surface area (Å²) in [7, 11) is -15.5. The van der Waals surface area contributed by atoms with Crippen LogP contribution in [0.1, 0.15) is 17.0 Å². The summed E-state index contributed by atoms with van der Waals surface area (Å²) < 4.78 is 106. The van der Waals surface area contributed by atoms with Crippen LogP contribution in [0.15, 0.2) is 45.0 Å². The molecule has 1 atom stereocenters. The van der Waals surface area contributed by atoms with Gasteiger partial charge >= 0.3 is 5.43 Å². The lowest BCUT2D eigenvalue weighted by molar-refractivity contribution is 0.170. The van der Waals surface area contributed by atoms with Crippen molar-refractivity contribution in [3.63, 3.8) is 0 Å². The highest BCUT2D eigenvalue weighted by Gasteiger charge is 2.34. The van der Waals surface area contributed by atoms with E-state index in [0.717, 1.165) is 12.1 Å². The van der Waals surface area contributed by atoms with Crippen LogP contribution in [0.4, 0.5) is 4.79 Å². The Balaban J connectivity index is 2.39. The topological polar surface area (TPSA) is 195 Å². The van der Waals surface area contributed by atoms with E-state index in [2.05, 4.69) is 0 Å². The van der Waals surface area contributed by atoms with Gasteiger partial charge in [0.1, 0.15) is 31.7 Å². The molecule has 0 heterocycles. The highest BCUT2D eigenvalue weighted by atomic mass is 35.5. The molecule has 0 radical (unpaired) electrons. The summed E-state index contributed by atoms with van der Waals surface area (Å²) in [5, 5.41) is 0. The predicted molar refractivity (Wildman–Crippen MR) is 96.7 cm³/mol. The molecule has 2 aromatic rings. The second-order valence-electron chi connectivity index (χ2n) is 6.12. The predicted octanol–water partition coefficient (Wildman–Crippen LogP) is 1.23. The Morgan fingerprint density at radius 1 is 0.933 bits per heavy atom. The first-order valence-corrected chi connectivity index (χ1v) is 12.3. The molecule has 3 rings (SSSR count). The monoisotopic (exact) mass is 496 g/mol. The molecule has 0 aromatic heterocycles. The fourth-order valence-electron chi connectivity index (χ4n) is 3.22. The summed E-state index contributed by atoms with van der Waals surface area (Å²) in [4.78, 5) is 7.83. The number of rotatable bonds is 5. The number of hydrogen-bond donors (Lipinski definition) is 1. The van der Waals surface area contributed by atoms with Gasteiger partial charge in [0, 0.05) is 17.5 Å². The Labute approximate surface area is 175 Å². The second-order valence-corrected chi connectivity index (χ2v) is 10.5. The minimum absolute atomic E-state index is 0.00988. The average Bonchev–Trinajstić information content (AvgIpc) is 2.89. The molecular weight excluding hydrogens is 488 g/mol. The zero-order valence-corrected chi connectivity index (χ0v) is 17.5. The minimum atomic E-state index is -5.40. The van der Waals surface area contributed by atoms with E-state index in [9.17, 15) is 43.7 Å². The van der Waals surface area contributed by atoms with Crippen molar-refractivity contribution < 1.29 is 48.4 Å². The fraction of sp³-hybridized carbons (Fsp3) is 0.133. The number of benzene rings is 2. The molecule has 2 aromatic carbocycles. The summed E-state index contributed by atoms with van der Waals surface area (Å²) in [5.41, 5.74) is -1.10. The smallest absolute Gasteiger partial charge is 0.403 e. The first-order valence-electron chi connectivity index (χ1n) is 7.64. The molecule has 0 amide bonds. The summed E-state index contributed by atoms with van der Waals surface area (Å²) in [5.74, 6) is -0.968. The standard InChI is InChI=1S/C15H11ClO11S3/c16-15(17)27-6-12-8-2-1-7(28(18,19)20)3-9(8)10-4-13(29(21,22)23)14(5-11(10)12)30(24,25)26/h1-5,12H,6H2,(H,18,19,20)(H,21,22,23)(H,24,25,26)/p-2. The van der Waals surface area contributed by atoms with Gasteiger partial charge in [0.25, 0.3) is 10.1 Å². The maximum Gasteiger partial charge on any atom is 0.403 e. The van der Waals surface area contributed by atoms with Crippen LogP contribution in [0.25, 0.3) is 11.1 Å². The number of hydrogen-bond acceptors (Lipinski definition) is 10. The number of halogens is 1. The van der Waals surface area contributed by atoms with E-state index in [4.69, 9.17) is 16.3 Å². The van der Waals surface area contributed by atoms with Crippen LogP contribution < -0.4 is 0 Å². The van der Waals surface area contributed by atoms with Crippen LogP contribution in [0.2, 0.25) is 0 Å². The molecule has 1 aliphatic carbocycles. The zero-order chi connectivity index (χ0) is 22.6. The highest BCUT2D eigenvalue weighted by Crippen LogP contribution is 2.48. The van der Waals surface area contributed by atoms with E-state index < -0.39 is 63.0 Å². The molecule has 15 heteroatoms. The summed E-state index contributed by atoms with van der Waals surface area (Å²) in [6, 6.07) is 4.40. The molecular formula is C15H9ClO11S3-2. The lowest BCUT2D eigenvalue weighted by Crippen LogP contribution is -2.12. The third kappa shape index (κ3) is 4.20. The lowest BCUT2D eigenvalue weighted by Gasteiger charge is -2.16. The SMILES string of the molecule is O=C(Cl)OCC1c2ccc(S(=O)(=O)[O-])cc2-c2cc(S(=O)(=O)[O-])c(S(=O)(=O)O)cc21. The maximum absolute atomic E-state index is 11.7. The molecule has 0 fully saturated rings. The Morgan fingerprint density at radius 3 is 2.03 bits per heavy atom. The zero-order valence-electron chi connectivity index (χ0n) is 14.3. The van der Waals surface area contributed by atoms with Gasteiger partial charge in [-0.3, -0.25) is 4.55 Å². The van der Waals surface area contributed by atoms with Crippen molar-refractivity contribution in [2.45, 2.75) is 20.6 Å². The quantitative estimate of drug-likeness (QED) is 0.461. The Bertz CT molecular complexity index is 1390. The van der Waals surface area contributed by atoms with Gasteiger partial charge in [-0.15, -0.1) is 0 Å². The van der Waals surface area contributed by atoms with Crippen LogP contribution in [0.5, 0.6) is 0 Å². The van der Waals surface area contributed by atoms with E-state index in [1.807, 2.05) is 0 Å². The fourth-order valence-corrected chi connectivity index (χ4v) is 5.56. The summed E-state index contributed by atoms with van der Waals surface area (Å²) >= 11 is 5.15. The largest absolute Gasteiger partial charge is 0.744 e. The van der Waals surface area contributed by atoms with Gasteiger partial charge in [-0.1, -0.05) is 6.07 Å². The second kappa shape index (κ2) is 7.26. The van der Waals surface area contributed by atoms with Crippen molar-refractivity contribution in [3.8, 4) is 11.1 Å². The van der Waals surface area contributed by atoms with Crippen molar-refractivity contribution in [1.29, 1.82) is 0 Å². The molecule has 162 valence electrons. The molecule has 11 nitrogen and oxygen atoms in total. The van der Waals surface area contributed by atoms with Gasteiger partial charge in [-0.05, 0) is 46.5 Å². The third-order valence-electron chi connectivity index (χ3n) is 4.38. The minimum Gasteiger partial charge on any atom is -0.744 e. The van der Waals surface area contributed by atoms with Gasteiger partial charge in [-0.25, -0.2) is 21.6 Å². The van der Waals surface area contributed by atoms with E-state index in [-0.39, 0.29) is 22.3 Å². The normalized spacial score (nSPS) is 16.1. The molecule has 0 spiro atoms. The number of ether oxygens (including phenoxy) is 1. The van der Waals surface area contributed by atoms with E-state index in [1.54, 1.807) is 0 Å². The number of carbonyl (C=O) groups excluding carboxylic acids is 1. The third-order valence-corrected chi connectivity index (χ3v) is 7.22. The highest BCUT2D eigenvalue weighted by molar-refractivity contribution is 7.89. The van der Waals surface area contributed by atoms with Crippen molar-refractivity contribution in [2.24, 2.45) is 0 Å². The molecule has 1 N–H and O–H groups in total. The molecule has 1 unspecified atom stereocenters. The lowest BCUT2D eigenvalue weighted by atomic mass is 9.98. The molecule has 0 saturated carbocycles. The van der Waals surface area contributed by atoms with Crippen molar-refractivity contribution in [3.05, 3.63) is 41.5 Å².